The van der Waals surface area contributed by atoms with Crippen LogP contribution >= 0.6 is 0 Å². The first-order valence-electron chi connectivity index (χ1n) is 4.54. The molecule has 0 saturated carbocycles. The van der Waals surface area contributed by atoms with E-state index < -0.39 is 0 Å². The summed E-state index contributed by atoms with van der Waals surface area (Å²) in [6.45, 7) is 1.88. The number of nitrogens with one attached hydrogen (secondary N) is 1. The highest BCUT2D eigenvalue weighted by Gasteiger charge is 2.09. The maximum atomic E-state index is 10.5. The normalized spacial score (nSPS) is 12.9. The third-order valence-corrected chi connectivity index (χ3v) is 2.16. The van der Waals surface area contributed by atoms with E-state index in [2.05, 4.69) is 15.2 Å². The molecule has 1 unspecified atom stereocenters. The van der Waals surface area contributed by atoms with E-state index in [4.69, 9.17) is 0 Å². The molecule has 0 aliphatic carbocycles. The van der Waals surface area contributed by atoms with Gasteiger partial charge in [-0.15, -0.1) is 0 Å². The van der Waals surface area contributed by atoms with E-state index in [9.17, 15) is 4.79 Å². The van der Waals surface area contributed by atoms with Crippen LogP contribution in [0.25, 0.3) is 11.0 Å². The fourth-order valence-corrected chi connectivity index (χ4v) is 1.42. The molecule has 0 aliphatic heterocycles. The van der Waals surface area contributed by atoms with Crippen molar-refractivity contribution in [1.82, 2.24) is 15.2 Å². The number of aromatic amines is 1. The number of aromatic nitrogens is 3. The second kappa shape index (κ2) is 3.57. The number of aldehydes is 1. The van der Waals surface area contributed by atoms with Crippen LogP contribution in [0.3, 0.4) is 0 Å². The predicted octanol–water partition coefficient (Wildman–Crippen LogP) is 1.34. The molecule has 0 aromatic carbocycles. The Morgan fingerprint density at radius 3 is 3.29 bits per heavy atom. The Bertz CT molecular complexity index is 449. The largest absolute Gasteiger partial charge is 0.303 e. The first-order chi connectivity index (χ1) is 6.81. The van der Waals surface area contributed by atoms with E-state index in [-0.39, 0.29) is 5.92 Å². The quantitative estimate of drug-likeness (QED) is 0.741. The highest BCUT2D eigenvalue weighted by molar-refractivity contribution is 5.77. The van der Waals surface area contributed by atoms with E-state index in [0.29, 0.717) is 6.42 Å². The minimum Gasteiger partial charge on any atom is -0.303 e. The Kier molecular flexibility index (Phi) is 2.26. The van der Waals surface area contributed by atoms with Gasteiger partial charge in [-0.3, -0.25) is 5.10 Å². The summed E-state index contributed by atoms with van der Waals surface area (Å²) in [6, 6.07) is 3.83. The van der Waals surface area contributed by atoms with Gasteiger partial charge in [0.15, 0.2) is 5.65 Å². The fraction of sp³-hybridized carbons (Fsp3) is 0.300. The zero-order valence-electron chi connectivity index (χ0n) is 7.90. The van der Waals surface area contributed by atoms with Crippen LogP contribution in [0.2, 0.25) is 0 Å². The van der Waals surface area contributed by atoms with Gasteiger partial charge in [-0.05, 0) is 12.1 Å². The smallest absolute Gasteiger partial charge is 0.155 e. The highest BCUT2D eigenvalue weighted by atomic mass is 16.1. The first-order valence-corrected chi connectivity index (χ1v) is 4.54. The van der Waals surface area contributed by atoms with Gasteiger partial charge in [-0.2, -0.15) is 5.10 Å². The van der Waals surface area contributed by atoms with Crippen LogP contribution in [-0.2, 0) is 11.2 Å². The summed E-state index contributed by atoms with van der Waals surface area (Å²) in [5, 5.41) is 7.98. The van der Waals surface area contributed by atoms with Gasteiger partial charge >= 0.3 is 0 Å². The molecule has 0 bridgehead atoms. The molecule has 2 rings (SSSR count). The molecule has 0 radical (unpaired) electrons. The lowest BCUT2D eigenvalue weighted by Crippen LogP contribution is -2.01. The van der Waals surface area contributed by atoms with Crippen molar-refractivity contribution in [2.75, 3.05) is 0 Å². The summed E-state index contributed by atoms with van der Waals surface area (Å²) in [7, 11) is 0. The summed E-state index contributed by atoms with van der Waals surface area (Å²) >= 11 is 0. The molecule has 1 N–H and O–H groups in total. The van der Waals surface area contributed by atoms with Crippen molar-refractivity contribution in [1.29, 1.82) is 0 Å². The fourth-order valence-electron chi connectivity index (χ4n) is 1.42. The van der Waals surface area contributed by atoms with Crippen LogP contribution in [0.15, 0.2) is 18.3 Å². The van der Waals surface area contributed by atoms with Crippen LogP contribution in [0.1, 0.15) is 12.6 Å². The lowest BCUT2D eigenvalue weighted by Gasteiger charge is -1.98. The lowest BCUT2D eigenvalue weighted by molar-refractivity contribution is -0.110. The van der Waals surface area contributed by atoms with E-state index in [1.165, 1.54) is 0 Å². The van der Waals surface area contributed by atoms with Gasteiger partial charge in [0.25, 0.3) is 0 Å². The molecule has 0 saturated heterocycles. The zero-order chi connectivity index (χ0) is 9.97. The van der Waals surface area contributed by atoms with E-state index in [0.717, 1.165) is 23.0 Å². The zero-order valence-corrected chi connectivity index (χ0v) is 7.90. The summed E-state index contributed by atoms with van der Waals surface area (Å²) in [6.07, 6.45) is 3.32. The second-order valence-corrected chi connectivity index (χ2v) is 3.39. The third kappa shape index (κ3) is 1.51. The average molecular weight is 189 g/mol. The number of nitrogens with zero attached hydrogens (tertiary/aromatic N) is 2. The van der Waals surface area contributed by atoms with Crippen LogP contribution in [0.4, 0.5) is 0 Å². The standard InChI is InChI=1S/C10H11N3O/c1-7(6-14)5-9-8-3-2-4-11-10(8)13-12-9/h2-4,6-7H,5H2,1H3,(H,11,12,13). The Morgan fingerprint density at radius 1 is 1.64 bits per heavy atom. The topological polar surface area (TPSA) is 58.6 Å². The van der Waals surface area contributed by atoms with Gasteiger partial charge in [-0.1, -0.05) is 6.92 Å². The lowest BCUT2D eigenvalue weighted by atomic mass is 10.1. The second-order valence-electron chi connectivity index (χ2n) is 3.39. The molecule has 4 heteroatoms. The monoisotopic (exact) mass is 189 g/mol. The van der Waals surface area contributed by atoms with Crippen LogP contribution in [0.5, 0.6) is 0 Å². The molecule has 0 spiro atoms. The maximum absolute atomic E-state index is 10.5. The van der Waals surface area contributed by atoms with Crippen LogP contribution in [-0.4, -0.2) is 21.5 Å². The van der Waals surface area contributed by atoms with Crippen molar-refractivity contribution < 1.29 is 4.79 Å². The highest BCUT2D eigenvalue weighted by Crippen LogP contribution is 2.15. The molecule has 4 nitrogen and oxygen atoms in total. The molecule has 14 heavy (non-hydrogen) atoms. The van der Waals surface area contributed by atoms with Crippen molar-refractivity contribution in [3.8, 4) is 0 Å². The van der Waals surface area contributed by atoms with Gasteiger partial charge in [0.1, 0.15) is 6.29 Å². The Labute approximate surface area is 81.4 Å². The van der Waals surface area contributed by atoms with Gasteiger partial charge in [-0.25, -0.2) is 4.98 Å². The molecule has 1 atom stereocenters. The van der Waals surface area contributed by atoms with E-state index >= 15 is 0 Å². The minimum atomic E-state index is 0.00158. The Hall–Kier alpha value is -1.71. The number of carbonyl (C=O) groups excluding carboxylic acids is 1. The van der Waals surface area contributed by atoms with Gasteiger partial charge in [0, 0.05) is 23.9 Å². The molecule has 72 valence electrons. The first kappa shape index (κ1) is 8.87. The number of carbonyl (C=O) groups is 1. The van der Waals surface area contributed by atoms with Gasteiger partial charge in [0.05, 0.1) is 5.69 Å². The Balaban J connectivity index is 2.38. The third-order valence-electron chi connectivity index (χ3n) is 2.16. The number of fused-ring (bicyclic) bond motifs is 1. The van der Waals surface area contributed by atoms with Crippen molar-refractivity contribution in [2.45, 2.75) is 13.3 Å². The van der Waals surface area contributed by atoms with E-state index in [1.807, 2.05) is 19.1 Å². The minimum absolute atomic E-state index is 0.00158. The number of H-pyrrole nitrogens is 1. The summed E-state index contributed by atoms with van der Waals surface area (Å²) in [5.74, 6) is 0.00158. The molecule has 0 aliphatic rings. The molecular weight excluding hydrogens is 178 g/mol. The average Bonchev–Trinajstić information content (AvgIpc) is 2.62. The van der Waals surface area contributed by atoms with Gasteiger partial charge < -0.3 is 4.79 Å². The van der Waals surface area contributed by atoms with Gasteiger partial charge in [0.2, 0.25) is 0 Å². The molecule has 2 aromatic rings. The molecule has 0 amide bonds. The molecule has 2 aromatic heterocycles. The molecule has 0 fully saturated rings. The van der Waals surface area contributed by atoms with Crippen LogP contribution < -0.4 is 0 Å². The Morgan fingerprint density at radius 2 is 2.50 bits per heavy atom. The van der Waals surface area contributed by atoms with E-state index in [1.54, 1.807) is 6.20 Å². The molecular formula is C10H11N3O. The van der Waals surface area contributed by atoms with Crippen molar-refractivity contribution in [2.24, 2.45) is 5.92 Å². The number of hydrogen-bond acceptors (Lipinski definition) is 3. The summed E-state index contributed by atoms with van der Waals surface area (Å²) in [4.78, 5) is 14.6. The summed E-state index contributed by atoms with van der Waals surface area (Å²) in [5.41, 5.74) is 1.69. The predicted molar refractivity (Wildman–Crippen MR) is 52.8 cm³/mol. The maximum Gasteiger partial charge on any atom is 0.155 e. The van der Waals surface area contributed by atoms with Crippen molar-refractivity contribution in [3.63, 3.8) is 0 Å². The number of rotatable bonds is 3. The SMILES string of the molecule is CC(C=O)Cc1n[nH]c2ncccc12. The summed E-state index contributed by atoms with van der Waals surface area (Å²) < 4.78 is 0. The molecule has 2 heterocycles. The van der Waals surface area contributed by atoms with Crippen molar-refractivity contribution in [3.05, 3.63) is 24.0 Å². The van der Waals surface area contributed by atoms with Crippen LogP contribution in [0, 0.1) is 5.92 Å². The number of pyridine rings is 1. The van der Waals surface area contributed by atoms with Crippen molar-refractivity contribution >= 4 is 17.3 Å². The number of hydrogen-bond donors (Lipinski definition) is 1.